The number of thioether (sulfide) groups is 1. The molecule has 2 N–H and O–H groups in total. The maximum absolute atomic E-state index is 12.7. The Hall–Kier alpha value is -3.55. The highest BCUT2D eigenvalue weighted by Crippen LogP contribution is 2.23. The number of hydrogen-bond acceptors (Lipinski definition) is 4. The number of imidazole rings is 1. The molecule has 0 saturated heterocycles. The number of rotatable bonds is 8. The molecule has 1 aromatic heterocycles. The van der Waals surface area contributed by atoms with Crippen molar-refractivity contribution in [2.75, 3.05) is 11.1 Å². The van der Waals surface area contributed by atoms with Crippen LogP contribution in [-0.4, -0.2) is 27.1 Å². The molecule has 172 valence electrons. The van der Waals surface area contributed by atoms with Crippen LogP contribution in [0.5, 0.6) is 0 Å². The molecule has 8 heteroatoms. The van der Waals surface area contributed by atoms with Crippen molar-refractivity contribution in [3.63, 3.8) is 0 Å². The molecule has 0 radical (unpaired) electrons. The van der Waals surface area contributed by atoms with Crippen molar-refractivity contribution in [1.29, 1.82) is 0 Å². The lowest BCUT2D eigenvalue weighted by atomic mass is 10.1. The molecule has 2 amide bonds. The summed E-state index contributed by atoms with van der Waals surface area (Å²) in [5.41, 5.74) is 3.97. The first-order valence-electron chi connectivity index (χ1n) is 10.6. The van der Waals surface area contributed by atoms with Gasteiger partial charge in [-0.3, -0.25) is 14.2 Å². The van der Waals surface area contributed by atoms with E-state index in [2.05, 4.69) is 15.6 Å². The molecule has 34 heavy (non-hydrogen) atoms. The van der Waals surface area contributed by atoms with Gasteiger partial charge in [0.1, 0.15) is 0 Å². The Morgan fingerprint density at radius 2 is 1.85 bits per heavy atom. The van der Waals surface area contributed by atoms with E-state index in [4.69, 9.17) is 11.6 Å². The average molecular weight is 491 g/mol. The Bertz CT molecular complexity index is 1310. The number of hydrogen-bond donors (Lipinski definition) is 2. The lowest BCUT2D eigenvalue weighted by Gasteiger charge is -2.10. The normalized spacial score (nSPS) is 10.6. The van der Waals surface area contributed by atoms with Crippen molar-refractivity contribution in [2.45, 2.75) is 18.6 Å². The third-order valence-electron chi connectivity index (χ3n) is 5.08. The van der Waals surface area contributed by atoms with E-state index in [1.54, 1.807) is 30.6 Å². The van der Waals surface area contributed by atoms with Crippen LogP contribution in [0.2, 0.25) is 5.02 Å². The fourth-order valence-corrected chi connectivity index (χ4v) is 4.22. The van der Waals surface area contributed by atoms with Crippen LogP contribution >= 0.6 is 23.4 Å². The van der Waals surface area contributed by atoms with Gasteiger partial charge in [-0.1, -0.05) is 65.8 Å². The summed E-state index contributed by atoms with van der Waals surface area (Å²) in [5, 5.41) is 7.05. The smallest absolute Gasteiger partial charge is 0.251 e. The predicted octanol–water partition coefficient (Wildman–Crippen LogP) is 5.49. The molecule has 0 fully saturated rings. The second-order valence-corrected chi connectivity index (χ2v) is 8.95. The van der Waals surface area contributed by atoms with Gasteiger partial charge in [-0.05, 0) is 48.4 Å². The van der Waals surface area contributed by atoms with Gasteiger partial charge in [0.05, 0.1) is 5.75 Å². The third-order valence-corrected chi connectivity index (χ3v) is 6.45. The zero-order chi connectivity index (χ0) is 23.9. The lowest BCUT2D eigenvalue weighted by molar-refractivity contribution is -0.113. The quantitative estimate of drug-likeness (QED) is 0.320. The fourth-order valence-electron chi connectivity index (χ4n) is 3.27. The van der Waals surface area contributed by atoms with E-state index in [9.17, 15) is 9.59 Å². The average Bonchev–Trinajstić information content (AvgIpc) is 3.33. The second-order valence-electron chi connectivity index (χ2n) is 7.60. The Kier molecular flexibility index (Phi) is 7.67. The maximum Gasteiger partial charge on any atom is 0.251 e. The molecule has 4 rings (SSSR count). The van der Waals surface area contributed by atoms with Gasteiger partial charge in [0, 0.05) is 40.9 Å². The number of amides is 2. The van der Waals surface area contributed by atoms with Gasteiger partial charge in [0.15, 0.2) is 5.16 Å². The Labute approximate surface area is 207 Å². The second kappa shape index (κ2) is 11.0. The van der Waals surface area contributed by atoms with Crippen molar-refractivity contribution in [3.05, 3.63) is 107 Å². The summed E-state index contributed by atoms with van der Waals surface area (Å²) in [6, 6.07) is 22.5. The molecule has 0 aliphatic rings. The number of carbonyl (C=O) groups excluding carboxylic acids is 2. The van der Waals surface area contributed by atoms with Crippen LogP contribution in [0, 0.1) is 6.92 Å². The highest BCUT2D eigenvalue weighted by atomic mass is 35.5. The molecule has 0 unspecified atom stereocenters. The van der Waals surface area contributed by atoms with Crippen molar-refractivity contribution in [2.24, 2.45) is 0 Å². The Balaban J connectivity index is 1.39. The van der Waals surface area contributed by atoms with Crippen LogP contribution in [0.1, 0.15) is 21.5 Å². The number of benzene rings is 3. The largest absolute Gasteiger partial charge is 0.348 e. The maximum atomic E-state index is 12.7. The van der Waals surface area contributed by atoms with Gasteiger partial charge in [0.25, 0.3) is 5.91 Å². The van der Waals surface area contributed by atoms with Gasteiger partial charge >= 0.3 is 0 Å². The standard InChI is InChI=1S/C26H23ClN4O2S/c1-18-10-11-21(15-23(18)27)30-24(32)17-34-26-28-12-13-31(26)22-9-5-8-20(14-22)25(33)29-16-19-6-3-2-4-7-19/h2-15H,16-17H2,1H3,(H,29,33)(H,30,32). The highest BCUT2D eigenvalue weighted by molar-refractivity contribution is 7.99. The van der Waals surface area contributed by atoms with E-state index in [0.717, 1.165) is 16.8 Å². The van der Waals surface area contributed by atoms with Crippen LogP contribution < -0.4 is 10.6 Å². The Morgan fingerprint density at radius 3 is 2.65 bits per heavy atom. The molecule has 1 heterocycles. The van der Waals surface area contributed by atoms with Crippen molar-refractivity contribution in [1.82, 2.24) is 14.9 Å². The molecular weight excluding hydrogens is 468 g/mol. The van der Waals surface area contributed by atoms with Crippen LogP contribution in [-0.2, 0) is 11.3 Å². The van der Waals surface area contributed by atoms with Crippen LogP contribution in [0.4, 0.5) is 5.69 Å². The van der Waals surface area contributed by atoms with E-state index >= 15 is 0 Å². The monoisotopic (exact) mass is 490 g/mol. The molecule has 4 aromatic rings. The number of carbonyl (C=O) groups is 2. The number of anilines is 1. The minimum atomic E-state index is -0.159. The predicted molar refractivity (Wildman–Crippen MR) is 137 cm³/mol. The molecule has 0 saturated carbocycles. The van der Waals surface area contributed by atoms with Gasteiger partial charge in [-0.15, -0.1) is 0 Å². The summed E-state index contributed by atoms with van der Waals surface area (Å²) in [7, 11) is 0. The van der Waals surface area contributed by atoms with Crippen molar-refractivity contribution >= 4 is 40.9 Å². The minimum Gasteiger partial charge on any atom is -0.348 e. The van der Waals surface area contributed by atoms with Crippen molar-refractivity contribution < 1.29 is 9.59 Å². The lowest BCUT2D eigenvalue weighted by Crippen LogP contribution is -2.22. The van der Waals surface area contributed by atoms with Gasteiger partial charge < -0.3 is 10.6 Å². The SMILES string of the molecule is Cc1ccc(NC(=O)CSc2nccn2-c2cccc(C(=O)NCc3ccccc3)c2)cc1Cl. The topological polar surface area (TPSA) is 76.0 Å². The number of nitrogens with zero attached hydrogens (tertiary/aromatic N) is 2. The van der Waals surface area contributed by atoms with Crippen molar-refractivity contribution in [3.8, 4) is 5.69 Å². The molecule has 0 bridgehead atoms. The Morgan fingerprint density at radius 1 is 1.03 bits per heavy atom. The summed E-state index contributed by atoms with van der Waals surface area (Å²) < 4.78 is 1.86. The number of aryl methyl sites for hydroxylation is 1. The number of aromatic nitrogens is 2. The van der Waals surface area contributed by atoms with E-state index in [0.29, 0.717) is 28.0 Å². The zero-order valence-corrected chi connectivity index (χ0v) is 20.1. The summed E-state index contributed by atoms with van der Waals surface area (Å²) in [6.07, 6.45) is 3.48. The van der Waals surface area contributed by atoms with Gasteiger partial charge in [-0.25, -0.2) is 4.98 Å². The summed E-state index contributed by atoms with van der Waals surface area (Å²) in [4.78, 5) is 29.4. The molecule has 3 aromatic carbocycles. The summed E-state index contributed by atoms with van der Waals surface area (Å²) in [6.45, 7) is 2.36. The first-order valence-corrected chi connectivity index (χ1v) is 12.0. The third kappa shape index (κ3) is 6.07. The van der Waals surface area contributed by atoms with Crippen LogP contribution in [0.3, 0.4) is 0 Å². The number of nitrogens with one attached hydrogen (secondary N) is 2. The number of halogens is 1. The molecule has 0 aliphatic carbocycles. The van der Waals surface area contributed by atoms with E-state index in [1.165, 1.54) is 11.8 Å². The fraction of sp³-hybridized carbons (Fsp3) is 0.115. The minimum absolute atomic E-state index is 0.156. The molecule has 0 aliphatic heterocycles. The molecule has 0 atom stereocenters. The molecule has 0 spiro atoms. The van der Waals surface area contributed by atoms with Crippen LogP contribution in [0.25, 0.3) is 5.69 Å². The zero-order valence-electron chi connectivity index (χ0n) is 18.5. The first kappa shape index (κ1) is 23.6. The summed E-state index contributed by atoms with van der Waals surface area (Å²) in [5.74, 6) is -0.135. The van der Waals surface area contributed by atoms with Crippen LogP contribution in [0.15, 0.2) is 90.3 Å². The van der Waals surface area contributed by atoms with Gasteiger partial charge in [-0.2, -0.15) is 0 Å². The van der Waals surface area contributed by atoms with E-state index < -0.39 is 0 Å². The van der Waals surface area contributed by atoms with E-state index in [-0.39, 0.29) is 17.6 Å². The highest BCUT2D eigenvalue weighted by Gasteiger charge is 2.12. The molecule has 6 nitrogen and oxygen atoms in total. The summed E-state index contributed by atoms with van der Waals surface area (Å²) >= 11 is 7.44. The molecular formula is C26H23ClN4O2S. The van der Waals surface area contributed by atoms with Gasteiger partial charge in [0.2, 0.25) is 5.91 Å². The van der Waals surface area contributed by atoms with E-state index in [1.807, 2.05) is 66.1 Å². The first-order chi connectivity index (χ1) is 16.5.